The van der Waals surface area contributed by atoms with Crippen LogP contribution in [-0.2, 0) is 4.79 Å². The molecule has 6 nitrogen and oxygen atoms in total. The van der Waals surface area contributed by atoms with Crippen LogP contribution in [-0.4, -0.2) is 28.3 Å². The quantitative estimate of drug-likeness (QED) is 0.445. The van der Waals surface area contributed by atoms with Crippen molar-refractivity contribution >= 4 is 19.6 Å². The molecule has 2 rings (SSSR count). The highest BCUT2D eigenvalue weighted by atomic mass is 31.1. The van der Waals surface area contributed by atoms with E-state index in [0.29, 0.717) is 11.3 Å². The average molecular weight is 362 g/mol. The van der Waals surface area contributed by atoms with Crippen LogP contribution in [0, 0.1) is 10.1 Å². The molecule has 0 saturated heterocycles. The lowest BCUT2D eigenvalue weighted by Crippen LogP contribution is -2.28. The second kappa shape index (κ2) is 7.79. The van der Waals surface area contributed by atoms with Crippen LogP contribution in [0.25, 0.3) is 0 Å². The van der Waals surface area contributed by atoms with Crippen LogP contribution in [0.2, 0.25) is 0 Å². The Kier molecular flexibility index (Phi) is 5.96. The number of nitrogens with zero attached hydrogens (tertiary/aromatic N) is 1. The molecule has 0 bridgehead atoms. The Hall–Kier alpha value is -2.20. The summed E-state index contributed by atoms with van der Waals surface area (Å²) >= 11 is 0. The first-order valence-corrected chi connectivity index (χ1v) is 9.94. The van der Waals surface area contributed by atoms with Gasteiger partial charge < -0.3 is 10.4 Å². The van der Waals surface area contributed by atoms with Gasteiger partial charge in [-0.15, -0.1) is 0 Å². The fourth-order valence-corrected chi connectivity index (χ4v) is 5.74. The fourth-order valence-electron chi connectivity index (χ4n) is 3.45. The zero-order valence-corrected chi connectivity index (χ0v) is 15.8. The van der Waals surface area contributed by atoms with E-state index in [1.54, 1.807) is 25.1 Å². The maximum Gasteiger partial charge on any atom is 0.334 e. The van der Waals surface area contributed by atoms with Gasteiger partial charge in [-0.2, -0.15) is 0 Å². The smallest absolute Gasteiger partial charge is 0.334 e. The molecule has 1 aromatic rings. The van der Waals surface area contributed by atoms with Crippen molar-refractivity contribution in [3.63, 3.8) is 0 Å². The number of nitro groups is 1. The summed E-state index contributed by atoms with van der Waals surface area (Å²) in [4.78, 5) is 23.1. The Bertz CT molecular complexity index is 766. The van der Waals surface area contributed by atoms with Gasteiger partial charge in [0.25, 0.3) is 5.69 Å². The summed E-state index contributed by atoms with van der Waals surface area (Å²) in [6.45, 7) is 7.81. The van der Waals surface area contributed by atoms with E-state index in [-0.39, 0.29) is 11.3 Å². The molecule has 1 aliphatic rings. The number of carboxylic acids is 1. The van der Waals surface area contributed by atoms with E-state index >= 15 is 0 Å². The third kappa shape index (κ3) is 3.59. The molecule has 1 aliphatic heterocycles. The third-order valence-electron chi connectivity index (χ3n) is 4.50. The first-order chi connectivity index (χ1) is 11.8. The van der Waals surface area contributed by atoms with Gasteiger partial charge in [0.05, 0.1) is 16.4 Å². The van der Waals surface area contributed by atoms with E-state index in [2.05, 4.69) is 19.2 Å². The summed E-state index contributed by atoms with van der Waals surface area (Å²) in [7, 11) is -0.582. The van der Waals surface area contributed by atoms with E-state index in [4.69, 9.17) is 0 Å². The van der Waals surface area contributed by atoms with Gasteiger partial charge in [-0.05, 0) is 31.5 Å². The highest BCUT2D eigenvalue weighted by Crippen LogP contribution is 2.56. The number of hydrogen-bond acceptors (Lipinski definition) is 4. The van der Waals surface area contributed by atoms with E-state index in [0.717, 1.165) is 23.3 Å². The van der Waals surface area contributed by atoms with Gasteiger partial charge >= 0.3 is 5.97 Å². The predicted molar refractivity (Wildman–Crippen MR) is 100 cm³/mol. The largest absolute Gasteiger partial charge is 0.478 e. The molecule has 0 radical (unpaired) electrons. The number of rotatable bonds is 6. The highest BCUT2D eigenvalue weighted by molar-refractivity contribution is 7.62. The third-order valence-corrected chi connectivity index (χ3v) is 7.31. The van der Waals surface area contributed by atoms with Gasteiger partial charge in [0.1, 0.15) is 0 Å². The number of carbonyl (C=O) groups is 1. The van der Waals surface area contributed by atoms with E-state index < -0.39 is 24.7 Å². The fraction of sp³-hybridized carbons (Fsp3) is 0.389. The SMILES string of the molecule is CCP(CC)C1=C(C)NC(C)=C(C(=O)O)C1c1ccccc1[N+](=O)[O-]. The first kappa shape index (κ1) is 19.1. The molecular formula is C18H23N2O4P. The lowest BCUT2D eigenvalue weighted by Gasteiger charge is -2.34. The van der Waals surface area contributed by atoms with Crippen LogP contribution in [0.4, 0.5) is 5.69 Å². The number of para-hydroxylation sites is 1. The van der Waals surface area contributed by atoms with Crippen LogP contribution in [0.3, 0.4) is 0 Å². The van der Waals surface area contributed by atoms with Crippen molar-refractivity contribution in [3.8, 4) is 0 Å². The zero-order valence-electron chi connectivity index (χ0n) is 14.9. The molecule has 25 heavy (non-hydrogen) atoms. The number of aliphatic carboxylic acids is 1. The van der Waals surface area contributed by atoms with E-state index in [1.807, 2.05) is 6.92 Å². The molecule has 1 heterocycles. The maximum absolute atomic E-state index is 12.0. The lowest BCUT2D eigenvalue weighted by atomic mass is 9.85. The molecule has 1 unspecified atom stereocenters. The molecule has 7 heteroatoms. The molecule has 2 N–H and O–H groups in total. The van der Waals surface area contributed by atoms with Gasteiger partial charge in [-0.3, -0.25) is 10.1 Å². The molecular weight excluding hydrogens is 339 g/mol. The molecule has 0 aromatic heterocycles. The summed E-state index contributed by atoms with van der Waals surface area (Å²) in [5, 5.41) is 25.5. The van der Waals surface area contributed by atoms with Crippen molar-refractivity contribution in [1.82, 2.24) is 5.32 Å². The molecule has 0 amide bonds. The van der Waals surface area contributed by atoms with Gasteiger partial charge in [0.15, 0.2) is 0 Å². The summed E-state index contributed by atoms with van der Waals surface area (Å²) in [6, 6.07) is 6.46. The first-order valence-electron chi connectivity index (χ1n) is 8.23. The Balaban J connectivity index is 2.79. The van der Waals surface area contributed by atoms with E-state index in [9.17, 15) is 20.0 Å². The Morgan fingerprint density at radius 2 is 1.84 bits per heavy atom. The predicted octanol–water partition coefficient (Wildman–Crippen LogP) is 4.39. The van der Waals surface area contributed by atoms with Crippen molar-refractivity contribution in [1.29, 1.82) is 0 Å². The minimum atomic E-state index is -1.04. The lowest BCUT2D eigenvalue weighted by molar-refractivity contribution is -0.385. The minimum Gasteiger partial charge on any atom is -0.478 e. The van der Waals surface area contributed by atoms with E-state index in [1.165, 1.54) is 6.07 Å². The van der Waals surface area contributed by atoms with Crippen molar-refractivity contribution in [3.05, 3.63) is 62.2 Å². The molecule has 0 aliphatic carbocycles. The van der Waals surface area contributed by atoms with Crippen LogP contribution in [0.1, 0.15) is 39.2 Å². The second-order valence-corrected chi connectivity index (χ2v) is 8.73. The zero-order chi connectivity index (χ0) is 18.7. The normalized spacial score (nSPS) is 17.7. The highest BCUT2D eigenvalue weighted by Gasteiger charge is 2.38. The van der Waals surface area contributed by atoms with Gasteiger partial charge in [0, 0.05) is 23.0 Å². The van der Waals surface area contributed by atoms with Crippen LogP contribution in [0.15, 0.2) is 46.5 Å². The topological polar surface area (TPSA) is 92.5 Å². The average Bonchev–Trinajstić information content (AvgIpc) is 2.56. The number of benzene rings is 1. The molecule has 1 aromatic carbocycles. The Labute approximate surface area is 148 Å². The standard InChI is InChI=1S/C18H23N2O4P/c1-5-25(6-2)17-12(4)19-11(3)15(18(21)22)16(17)13-9-7-8-10-14(13)20(23)24/h7-10,16,19H,5-6H2,1-4H3,(H,21,22). The molecule has 0 fully saturated rings. The van der Waals surface area contributed by atoms with Gasteiger partial charge in [-0.1, -0.05) is 40.0 Å². The van der Waals surface area contributed by atoms with Crippen LogP contribution >= 0.6 is 7.92 Å². The van der Waals surface area contributed by atoms with Crippen molar-refractivity contribution in [2.45, 2.75) is 33.6 Å². The number of allylic oxidation sites excluding steroid dienone is 3. The number of carboxylic acid groups (broad SMARTS) is 1. The van der Waals surface area contributed by atoms with Gasteiger partial charge in [0.2, 0.25) is 0 Å². The van der Waals surface area contributed by atoms with Crippen LogP contribution in [0.5, 0.6) is 0 Å². The summed E-state index contributed by atoms with van der Waals surface area (Å²) in [6.07, 6.45) is 1.81. The Morgan fingerprint density at radius 1 is 1.24 bits per heavy atom. The molecule has 0 saturated carbocycles. The summed E-state index contributed by atoms with van der Waals surface area (Å²) in [5.41, 5.74) is 2.08. The number of nitrogens with one attached hydrogen (secondary N) is 1. The van der Waals surface area contributed by atoms with Crippen molar-refractivity contribution in [2.75, 3.05) is 12.3 Å². The molecule has 134 valence electrons. The Morgan fingerprint density at radius 3 is 2.36 bits per heavy atom. The summed E-state index contributed by atoms with van der Waals surface area (Å²) < 4.78 is 0. The summed E-state index contributed by atoms with van der Waals surface area (Å²) in [5.74, 6) is -1.63. The number of dihydropyridines is 1. The monoisotopic (exact) mass is 362 g/mol. The number of hydrogen-bond donors (Lipinski definition) is 2. The van der Waals surface area contributed by atoms with Crippen LogP contribution < -0.4 is 5.32 Å². The minimum absolute atomic E-state index is 0.0339. The maximum atomic E-state index is 12.0. The second-order valence-electron chi connectivity index (χ2n) is 5.90. The molecule has 0 spiro atoms. The number of nitro benzene ring substituents is 1. The van der Waals surface area contributed by atoms with Crippen molar-refractivity contribution < 1.29 is 14.8 Å². The van der Waals surface area contributed by atoms with Crippen molar-refractivity contribution in [2.24, 2.45) is 0 Å². The molecule has 1 atom stereocenters. The van der Waals surface area contributed by atoms with Gasteiger partial charge in [-0.25, -0.2) is 4.79 Å².